The van der Waals surface area contributed by atoms with E-state index in [0.717, 1.165) is 0 Å². The molecule has 2 aromatic rings. The second kappa shape index (κ2) is 6.14. The van der Waals surface area contributed by atoms with Crippen LogP contribution in [0, 0.1) is 0 Å². The van der Waals surface area contributed by atoms with Crippen molar-refractivity contribution in [2.45, 2.75) is 13.1 Å². The molecule has 0 aliphatic carbocycles. The van der Waals surface area contributed by atoms with Crippen molar-refractivity contribution in [1.82, 2.24) is 0 Å². The molecule has 0 aromatic heterocycles. The van der Waals surface area contributed by atoms with Gasteiger partial charge in [0.15, 0.2) is 0 Å². The van der Waals surface area contributed by atoms with E-state index in [9.17, 15) is 0 Å². The second-order valence-electron chi connectivity index (χ2n) is 4.46. The molecule has 2 rings (SSSR count). The van der Waals surface area contributed by atoms with Crippen molar-refractivity contribution in [3.63, 3.8) is 0 Å². The van der Waals surface area contributed by atoms with E-state index >= 15 is 0 Å². The van der Waals surface area contributed by atoms with E-state index in [1.54, 1.807) is 0 Å². The molecule has 17 heavy (non-hydrogen) atoms. The Kier molecular flexibility index (Phi) is 4.53. The van der Waals surface area contributed by atoms with Gasteiger partial charge in [-0.1, -0.05) is 73.8 Å². The number of rotatable bonds is 4. The molecule has 87 valence electrons. The van der Waals surface area contributed by atoms with Crippen molar-refractivity contribution < 1.29 is 0 Å². The molecular weight excluding hydrogens is 239 g/mol. The Bertz CT molecular complexity index is 399. The average Bonchev–Trinajstić information content (AvgIpc) is 2.38. The monoisotopic (exact) mass is 257 g/mol. The van der Waals surface area contributed by atoms with E-state index in [-0.39, 0.29) is 16.7 Å². The average molecular weight is 257 g/mol. The van der Waals surface area contributed by atoms with E-state index in [2.05, 4.69) is 73.8 Å². The summed E-state index contributed by atoms with van der Waals surface area (Å²) in [5.74, 6) is 1.37. The summed E-state index contributed by atoms with van der Waals surface area (Å²) in [5, 5.41) is 3.03. The van der Waals surface area contributed by atoms with Gasteiger partial charge in [0.2, 0.25) is 0 Å². The zero-order valence-corrected chi connectivity index (χ0v) is 12.3. The fourth-order valence-electron chi connectivity index (χ4n) is 1.86. The molecule has 0 N–H and O–H groups in total. The van der Waals surface area contributed by atoms with Crippen LogP contribution in [0.2, 0.25) is 13.1 Å². The third kappa shape index (κ3) is 3.52. The lowest BCUT2D eigenvalue weighted by atomic mass is 10.4. The molecule has 0 amide bonds. The van der Waals surface area contributed by atoms with Gasteiger partial charge in [-0.25, -0.2) is 0 Å². The molecule has 2 heteroatoms. The predicted molar refractivity (Wildman–Crippen MR) is 81.4 cm³/mol. The van der Waals surface area contributed by atoms with Crippen LogP contribution < -0.4 is 10.6 Å². The van der Waals surface area contributed by atoms with Crippen LogP contribution in [0.25, 0.3) is 0 Å². The molecule has 0 aliphatic heterocycles. The first-order valence-electron chi connectivity index (χ1n) is 5.94. The molecule has 0 atom stereocenters. The maximum absolute atomic E-state index is 2.41. The first kappa shape index (κ1) is 12.5. The summed E-state index contributed by atoms with van der Waals surface area (Å²) < 4.78 is 0. The van der Waals surface area contributed by atoms with Gasteiger partial charge >= 0.3 is 0 Å². The molecule has 0 saturated carbocycles. The molecule has 1 radical (unpaired) electrons. The van der Waals surface area contributed by atoms with Crippen molar-refractivity contribution in [3.8, 4) is 0 Å². The Balaban J connectivity index is 2.32. The molecular formula is C15H18PSi. The second-order valence-corrected chi connectivity index (χ2v) is 10.0. The summed E-state index contributed by atoms with van der Waals surface area (Å²) in [6, 6.07) is 22.0. The van der Waals surface area contributed by atoms with Gasteiger partial charge in [0.25, 0.3) is 0 Å². The topological polar surface area (TPSA) is 0 Å². The summed E-state index contributed by atoms with van der Waals surface area (Å²) in [7, 11) is -0.344. The summed E-state index contributed by atoms with van der Waals surface area (Å²) in [6.07, 6.45) is 0. The number of hydrogen-bond donors (Lipinski definition) is 0. The lowest BCUT2D eigenvalue weighted by Crippen LogP contribution is -2.20. The van der Waals surface area contributed by atoms with Crippen molar-refractivity contribution in [2.75, 3.05) is 5.79 Å². The third-order valence-electron chi connectivity index (χ3n) is 2.61. The van der Waals surface area contributed by atoms with E-state index < -0.39 is 0 Å². The third-order valence-corrected chi connectivity index (χ3v) is 8.25. The minimum absolute atomic E-state index is 0.145. The minimum Gasteiger partial charge on any atom is -0.0710 e. The zero-order valence-electron chi connectivity index (χ0n) is 10.4. The van der Waals surface area contributed by atoms with Gasteiger partial charge in [0, 0.05) is 8.80 Å². The van der Waals surface area contributed by atoms with Gasteiger partial charge in [0.1, 0.15) is 0 Å². The van der Waals surface area contributed by atoms with Crippen LogP contribution in [0.3, 0.4) is 0 Å². The first-order chi connectivity index (χ1) is 8.27. The molecule has 0 saturated heterocycles. The summed E-state index contributed by atoms with van der Waals surface area (Å²) >= 11 is 0. The van der Waals surface area contributed by atoms with Gasteiger partial charge in [0.05, 0.1) is 0 Å². The molecule has 0 unspecified atom stereocenters. The molecule has 0 nitrogen and oxygen atoms in total. The first-order valence-corrected chi connectivity index (χ1v) is 10.2. The van der Waals surface area contributed by atoms with Crippen LogP contribution in [-0.4, -0.2) is 14.6 Å². The molecule has 0 bridgehead atoms. The SMILES string of the molecule is C[Si](C)CP(c1ccccc1)c1ccccc1. The van der Waals surface area contributed by atoms with Crippen LogP contribution >= 0.6 is 7.92 Å². The molecule has 0 fully saturated rings. The van der Waals surface area contributed by atoms with Crippen LogP contribution in [0.5, 0.6) is 0 Å². The van der Waals surface area contributed by atoms with Crippen LogP contribution in [0.1, 0.15) is 0 Å². The lowest BCUT2D eigenvalue weighted by Gasteiger charge is -2.20. The Morgan fingerprint density at radius 2 is 1.18 bits per heavy atom. The predicted octanol–water partition coefficient (Wildman–Crippen LogP) is 3.41. The fourth-order valence-corrected chi connectivity index (χ4v) is 7.22. The Morgan fingerprint density at radius 1 is 0.765 bits per heavy atom. The van der Waals surface area contributed by atoms with Gasteiger partial charge < -0.3 is 0 Å². The summed E-state index contributed by atoms with van der Waals surface area (Å²) in [5.41, 5.74) is 0. The van der Waals surface area contributed by atoms with Crippen LogP contribution in [-0.2, 0) is 0 Å². The van der Waals surface area contributed by atoms with Gasteiger partial charge in [-0.2, -0.15) is 0 Å². The van der Waals surface area contributed by atoms with E-state index in [0.29, 0.717) is 0 Å². The molecule has 0 spiro atoms. The van der Waals surface area contributed by atoms with Gasteiger partial charge in [-0.05, 0) is 24.3 Å². The van der Waals surface area contributed by atoms with Crippen LogP contribution in [0.15, 0.2) is 60.7 Å². The maximum Gasteiger partial charge on any atom is 0.0466 e. The summed E-state index contributed by atoms with van der Waals surface area (Å²) in [6.45, 7) is 4.82. The van der Waals surface area contributed by atoms with E-state index in [1.807, 2.05) is 0 Å². The van der Waals surface area contributed by atoms with Gasteiger partial charge in [-0.15, -0.1) is 0 Å². The van der Waals surface area contributed by atoms with Crippen molar-refractivity contribution in [2.24, 2.45) is 0 Å². The highest BCUT2D eigenvalue weighted by molar-refractivity contribution is 7.74. The summed E-state index contributed by atoms with van der Waals surface area (Å²) in [4.78, 5) is 0. The van der Waals surface area contributed by atoms with Gasteiger partial charge in [-0.3, -0.25) is 0 Å². The quantitative estimate of drug-likeness (QED) is 0.581. The Labute approximate surface area is 107 Å². The number of hydrogen-bond acceptors (Lipinski definition) is 0. The van der Waals surface area contributed by atoms with E-state index in [1.165, 1.54) is 16.4 Å². The molecule has 0 aliphatic rings. The highest BCUT2D eigenvalue weighted by Gasteiger charge is 2.14. The standard InChI is InChI=1S/C15H18PSi/c1-17(2)13-16(14-9-5-3-6-10-14)15-11-7-4-8-12-15/h3-12H,13H2,1-2H3. The largest absolute Gasteiger partial charge is 0.0710 e. The highest BCUT2D eigenvalue weighted by atomic mass is 31.1. The Morgan fingerprint density at radius 3 is 1.53 bits per heavy atom. The van der Waals surface area contributed by atoms with Crippen molar-refractivity contribution in [1.29, 1.82) is 0 Å². The van der Waals surface area contributed by atoms with Crippen molar-refractivity contribution in [3.05, 3.63) is 60.7 Å². The smallest absolute Gasteiger partial charge is 0.0466 e. The lowest BCUT2D eigenvalue weighted by molar-refractivity contribution is 1.73. The zero-order chi connectivity index (χ0) is 12.1. The maximum atomic E-state index is 2.41. The van der Waals surface area contributed by atoms with Crippen molar-refractivity contribution >= 4 is 27.3 Å². The number of benzene rings is 2. The fraction of sp³-hybridized carbons (Fsp3) is 0.200. The molecule has 0 heterocycles. The molecule has 2 aromatic carbocycles. The van der Waals surface area contributed by atoms with E-state index in [4.69, 9.17) is 0 Å². The minimum atomic E-state index is -0.199. The van der Waals surface area contributed by atoms with Crippen LogP contribution in [0.4, 0.5) is 0 Å². The highest BCUT2D eigenvalue weighted by Crippen LogP contribution is 2.33. The Hall–Kier alpha value is -0.913. The normalized spacial score (nSPS) is 11.1.